The predicted molar refractivity (Wildman–Crippen MR) is 96.8 cm³/mol. The number of aromatic nitrogens is 4. The molecular weight excluding hydrogens is 350 g/mol. The van der Waals surface area contributed by atoms with Crippen LogP contribution in [0.3, 0.4) is 0 Å². The number of rotatable bonds is 8. The van der Waals surface area contributed by atoms with E-state index in [9.17, 15) is 9.59 Å². The summed E-state index contributed by atoms with van der Waals surface area (Å²) in [7, 11) is 1.61. The molecule has 0 aliphatic carbocycles. The molecule has 0 aliphatic rings. The van der Waals surface area contributed by atoms with Crippen LogP contribution >= 0.6 is 0 Å². The summed E-state index contributed by atoms with van der Waals surface area (Å²) in [5, 5.41) is 19.7. The minimum absolute atomic E-state index is 0.0558. The first-order valence-electron chi connectivity index (χ1n) is 8.25. The van der Waals surface area contributed by atoms with E-state index in [0.717, 1.165) is 11.3 Å². The number of hydrogen-bond acceptors (Lipinski definition) is 5. The third kappa shape index (κ3) is 4.94. The lowest BCUT2D eigenvalue weighted by atomic mass is 10.2. The number of anilines is 1. The quantitative estimate of drug-likeness (QED) is 0.627. The fraction of sp³-hybridized carbons (Fsp3) is 0.222. The zero-order chi connectivity index (χ0) is 19.2. The van der Waals surface area contributed by atoms with Crippen molar-refractivity contribution in [3.63, 3.8) is 0 Å². The number of amides is 1. The lowest BCUT2D eigenvalue weighted by molar-refractivity contribution is -0.137. The average molecular weight is 369 g/mol. The Bertz CT molecular complexity index is 947. The number of aryl methyl sites for hydroxylation is 1. The summed E-state index contributed by atoms with van der Waals surface area (Å²) in [5.74, 6) is -0.531. The van der Waals surface area contributed by atoms with Gasteiger partial charge in [0.2, 0.25) is 0 Å². The van der Waals surface area contributed by atoms with Gasteiger partial charge in [0.1, 0.15) is 5.75 Å². The first-order valence-corrected chi connectivity index (χ1v) is 8.25. The van der Waals surface area contributed by atoms with Gasteiger partial charge in [-0.15, -0.1) is 0 Å². The number of carboxylic acids is 1. The van der Waals surface area contributed by atoms with Crippen LogP contribution in [-0.2, 0) is 17.9 Å². The number of nitrogens with zero attached hydrogens (tertiary/aromatic N) is 4. The largest absolute Gasteiger partial charge is 0.497 e. The smallest absolute Gasteiger partial charge is 0.305 e. The number of carbonyl (C=O) groups excluding carboxylic acids is 1. The Kier molecular flexibility index (Phi) is 5.50. The van der Waals surface area contributed by atoms with Gasteiger partial charge in [0.25, 0.3) is 5.91 Å². The number of carbonyl (C=O) groups is 2. The van der Waals surface area contributed by atoms with Crippen LogP contribution < -0.4 is 10.1 Å². The standard InChI is InChI=1S/C18H19N5O4/c1-27-15-4-2-3-13(9-15)11-23-12-14(10-19-23)20-18(26)16-5-7-22(21-16)8-6-17(24)25/h2-5,7,9-10,12H,6,8,11H2,1H3,(H,20,26)(H,24,25). The number of ether oxygens (including phenoxy) is 1. The summed E-state index contributed by atoms with van der Waals surface area (Å²) < 4.78 is 8.33. The molecule has 2 N–H and O–H groups in total. The van der Waals surface area contributed by atoms with Gasteiger partial charge in [-0.1, -0.05) is 12.1 Å². The highest BCUT2D eigenvalue weighted by Gasteiger charge is 2.11. The first kappa shape index (κ1) is 18.2. The average Bonchev–Trinajstić information content (AvgIpc) is 3.29. The summed E-state index contributed by atoms with van der Waals surface area (Å²) in [6.45, 7) is 0.748. The Morgan fingerprint density at radius 3 is 2.89 bits per heavy atom. The van der Waals surface area contributed by atoms with Crippen molar-refractivity contribution in [1.29, 1.82) is 0 Å². The molecule has 9 nitrogen and oxygen atoms in total. The monoisotopic (exact) mass is 369 g/mol. The van der Waals surface area contributed by atoms with Crippen LogP contribution in [0.5, 0.6) is 5.75 Å². The molecule has 0 aliphatic heterocycles. The van der Waals surface area contributed by atoms with Crippen molar-refractivity contribution in [3.8, 4) is 5.75 Å². The Balaban J connectivity index is 1.60. The Morgan fingerprint density at radius 1 is 1.26 bits per heavy atom. The Hall–Kier alpha value is -3.62. The number of benzene rings is 1. The molecule has 9 heteroatoms. The van der Waals surface area contributed by atoms with E-state index in [0.29, 0.717) is 12.2 Å². The predicted octanol–water partition coefficient (Wildman–Crippen LogP) is 1.86. The number of carboxylic acid groups (broad SMARTS) is 1. The molecule has 3 aromatic rings. The number of hydrogen-bond donors (Lipinski definition) is 2. The molecular formula is C18H19N5O4. The van der Waals surface area contributed by atoms with E-state index in [1.807, 2.05) is 24.3 Å². The van der Waals surface area contributed by atoms with Gasteiger partial charge in [-0.3, -0.25) is 19.0 Å². The van der Waals surface area contributed by atoms with Crippen LogP contribution in [0.2, 0.25) is 0 Å². The first-order chi connectivity index (χ1) is 13.0. The summed E-state index contributed by atoms with van der Waals surface area (Å²) >= 11 is 0. The van der Waals surface area contributed by atoms with Crippen LogP contribution in [0.15, 0.2) is 48.9 Å². The highest BCUT2D eigenvalue weighted by atomic mass is 16.5. The second kappa shape index (κ2) is 8.17. The van der Waals surface area contributed by atoms with Gasteiger partial charge in [-0.2, -0.15) is 10.2 Å². The van der Waals surface area contributed by atoms with Crippen molar-refractivity contribution in [1.82, 2.24) is 19.6 Å². The molecule has 0 saturated carbocycles. The number of methoxy groups -OCH3 is 1. The van der Waals surface area contributed by atoms with E-state index in [1.54, 1.807) is 30.4 Å². The Labute approximate surface area is 155 Å². The highest BCUT2D eigenvalue weighted by molar-refractivity contribution is 6.02. The molecule has 0 unspecified atom stereocenters. The molecule has 1 aromatic carbocycles. The zero-order valence-electron chi connectivity index (χ0n) is 14.7. The molecule has 0 spiro atoms. The van der Waals surface area contributed by atoms with Crippen molar-refractivity contribution in [2.24, 2.45) is 0 Å². The lowest BCUT2D eigenvalue weighted by Crippen LogP contribution is -2.13. The highest BCUT2D eigenvalue weighted by Crippen LogP contribution is 2.15. The molecule has 0 fully saturated rings. The van der Waals surface area contributed by atoms with Gasteiger partial charge < -0.3 is 15.2 Å². The molecule has 2 aromatic heterocycles. The van der Waals surface area contributed by atoms with Crippen LogP contribution in [0.1, 0.15) is 22.5 Å². The van der Waals surface area contributed by atoms with E-state index in [-0.39, 0.29) is 24.6 Å². The van der Waals surface area contributed by atoms with Crippen LogP contribution in [-0.4, -0.2) is 43.7 Å². The van der Waals surface area contributed by atoms with E-state index in [4.69, 9.17) is 9.84 Å². The summed E-state index contributed by atoms with van der Waals surface area (Å²) in [4.78, 5) is 22.8. The summed E-state index contributed by atoms with van der Waals surface area (Å²) in [5.41, 5.74) is 1.77. The van der Waals surface area contributed by atoms with Crippen LogP contribution in [0, 0.1) is 0 Å². The zero-order valence-corrected chi connectivity index (χ0v) is 14.7. The second-order valence-corrected chi connectivity index (χ2v) is 5.84. The van der Waals surface area contributed by atoms with Gasteiger partial charge in [-0.25, -0.2) is 0 Å². The van der Waals surface area contributed by atoms with E-state index < -0.39 is 5.97 Å². The maximum Gasteiger partial charge on any atom is 0.305 e. The minimum atomic E-state index is -0.917. The lowest BCUT2D eigenvalue weighted by Gasteiger charge is -2.04. The topological polar surface area (TPSA) is 111 Å². The van der Waals surface area contributed by atoms with Gasteiger partial charge in [0, 0.05) is 12.4 Å². The van der Waals surface area contributed by atoms with Crippen molar-refractivity contribution in [2.75, 3.05) is 12.4 Å². The number of nitrogens with one attached hydrogen (secondary N) is 1. The fourth-order valence-corrected chi connectivity index (χ4v) is 2.49. The van der Waals surface area contributed by atoms with Crippen molar-refractivity contribution >= 4 is 17.6 Å². The van der Waals surface area contributed by atoms with Gasteiger partial charge in [-0.05, 0) is 23.8 Å². The SMILES string of the molecule is COc1cccc(Cn2cc(NC(=O)c3ccn(CCC(=O)O)n3)cn2)c1. The van der Waals surface area contributed by atoms with Gasteiger partial charge in [0.05, 0.1) is 38.5 Å². The molecule has 140 valence electrons. The molecule has 0 radical (unpaired) electrons. The summed E-state index contributed by atoms with van der Waals surface area (Å²) in [6.07, 6.45) is 4.79. The van der Waals surface area contributed by atoms with Gasteiger partial charge in [0.15, 0.2) is 5.69 Å². The molecule has 0 bridgehead atoms. The third-order valence-corrected chi connectivity index (χ3v) is 3.80. The number of aliphatic carboxylic acids is 1. The van der Waals surface area contributed by atoms with Crippen molar-refractivity contribution < 1.29 is 19.4 Å². The van der Waals surface area contributed by atoms with Crippen LogP contribution in [0.25, 0.3) is 0 Å². The molecule has 27 heavy (non-hydrogen) atoms. The normalized spacial score (nSPS) is 10.6. The minimum Gasteiger partial charge on any atom is -0.497 e. The Morgan fingerprint density at radius 2 is 2.11 bits per heavy atom. The van der Waals surface area contributed by atoms with E-state index in [1.165, 1.54) is 10.7 Å². The molecule has 2 heterocycles. The van der Waals surface area contributed by atoms with Crippen molar-refractivity contribution in [2.45, 2.75) is 19.5 Å². The van der Waals surface area contributed by atoms with E-state index >= 15 is 0 Å². The van der Waals surface area contributed by atoms with Crippen LogP contribution in [0.4, 0.5) is 5.69 Å². The third-order valence-electron chi connectivity index (χ3n) is 3.80. The maximum atomic E-state index is 12.3. The summed E-state index contributed by atoms with van der Waals surface area (Å²) in [6, 6.07) is 9.20. The maximum absolute atomic E-state index is 12.3. The molecule has 3 rings (SSSR count). The van der Waals surface area contributed by atoms with E-state index in [2.05, 4.69) is 15.5 Å². The molecule has 0 atom stereocenters. The molecule has 1 amide bonds. The van der Waals surface area contributed by atoms with Gasteiger partial charge >= 0.3 is 5.97 Å². The fourth-order valence-electron chi connectivity index (χ4n) is 2.49. The molecule has 0 saturated heterocycles. The van der Waals surface area contributed by atoms with Crippen molar-refractivity contribution in [3.05, 3.63) is 60.2 Å². The second-order valence-electron chi connectivity index (χ2n) is 5.84.